The monoisotopic (exact) mass is 432 g/mol. The lowest BCUT2D eigenvalue weighted by Gasteiger charge is -2.29. The number of hydrogen-bond acceptors (Lipinski definition) is 5. The van der Waals surface area contributed by atoms with Gasteiger partial charge in [0.1, 0.15) is 5.75 Å². The van der Waals surface area contributed by atoms with Gasteiger partial charge in [0.25, 0.3) is 0 Å². The van der Waals surface area contributed by atoms with Gasteiger partial charge in [-0.25, -0.2) is 4.79 Å². The number of nitrogens with one attached hydrogen (secondary N) is 1. The molecule has 1 aliphatic heterocycles. The molecular weight excluding hydrogens is 400 g/mol. The highest BCUT2D eigenvalue weighted by Gasteiger charge is 2.24. The molecule has 0 saturated carbocycles. The number of carboxylic acid groups (broad SMARTS) is 1. The third kappa shape index (κ3) is 6.70. The highest BCUT2D eigenvalue weighted by atomic mass is 16.5. The smallest absolute Gasteiger partial charge is 0.407 e. The zero-order valence-corrected chi connectivity index (χ0v) is 17.7. The molecule has 1 fully saturated rings. The molecule has 4 N–H and O–H groups in total. The van der Waals surface area contributed by atoms with E-state index in [1.807, 2.05) is 24.3 Å². The summed E-state index contributed by atoms with van der Waals surface area (Å²) in [6.07, 6.45) is 4.20. The molecule has 0 radical (unpaired) electrons. The zero-order chi connectivity index (χ0) is 22.2. The number of nitrogens with zero attached hydrogens (tertiary/aromatic N) is 1. The van der Waals surface area contributed by atoms with Crippen LogP contribution in [-0.4, -0.2) is 71.2 Å². The summed E-state index contributed by atoms with van der Waals surface area (Å²) in [6, 6.07) is 7.98. The fourth-order valence-corrected chi connectivity index (χ4v) is 4.03. The van der Waals surface area contributed by atoms with Crippen LogP contribution >= 0.6 is 0 Å². The molecule has 2 amide bonds. The summed E-state index contributed by atoms with van der Waals surface area (Å²) in [7, 11) is 0. The molecule has 8 nitrogen and oxygen atoms in total. The second-order valence-electron chi connectivity index (χ2n) is 8.33. The zero-order valence-electron chi connectivity index (χ0n) is 17.7. The number of aliphatic hydroxyl groups is 2. The molecule has 1 saturated heterocycles. The first-order valence-corrected chi connectivity index (χ1v) is 10.9. The number of piperidine rings is 1. The van der Waals surface area contributed by atoms with Crippen LogP contribution < -0.4 is 10.1 Å². The van der Waals surface area contributed by atoms with E-state index in [-0.39, 0.29) is 25.0 Å². The van der Waals surface area contributed by atoms with Crippen LogP contribution in [0.1, 0.15) is 37.7 Å². The Morgan fingerprint density at radius 2 is 1.87 bits per heavy atom. The quantitative estimate of drug-likeness (QED) is 0.500. The van der Waals surface area contributed by atoms with Crippen LogP contribution in [0.4, 0.5) is 4.79 Å². The number of carbonyl (C=O) groups excluding carboxylic acids is 1. The number of likely N-dealkylation sites (tertiary alicyclic amines) is 1. The van der Waals surface area contributed by atoms with Gasteiger partial charge in [-0.3, -0.25) is 4.79 Å². The Bertz CT molecular complexity index is 771. The third-order valence-corrected chi connectivity index (χ3v) is 6.10. The highest BCUT2D eigenvalue weighted by Crippen LogP contribution is 2.31. The second-order valence-corrected chi connectivity index (χ2v) is 8.33. The minimum absolute atomic E-state index is 0.0720. The van der Waals surface area contributed by atoms with Crippen LogP contribution in [0, 0.1) is 11.8 Å². The molecule has 3 rings (SSSR count). The molecule has 0 aromatic heterocycles. The molecule has 1 aromatic rings. The summed E-state index contributed by atoms with van der Waals surface area (Å²) in [4.78, 5) is 24.6. The fourth-order valence-electron chi connectivity index (χ4n) is 4.03. The minimum atomic E-state index is -0.920. The Balaban J connectivity index is 1.43. The van der Waals surface area contributed by atoms with Crippen molar-refractivity contribution in [3.8, 4) is 5.75 Å². The fraction of sp³-hybridized carbons (Fsp3) is 0.565. The number of hydrogen-bond donors (Lipinski definition) is 4. The molecule has 1 heterocycles. The number of amides is 2. The molecule has 2 unspecified atom stereocenters. The predicted molar refractivity (Wildman–Crippen MR) is 116 cm³/mol. The van der Waals surface area contributed by atoms with Crippen molar-refractivity contribution in [3.63, 3.8) is 0 Å². The predicted octanol–water partition coefficient (Wildman–Crippen LogP) is 2.11. The standard InChI is InChI=1S/C23H32N2O6/c26-14-20(27)13-24-22(28)19-3-1-17(2-4-19)18-5-7-21(8-6-18)31-15-16-9-11-25(12-10-16)23(29)30/h1,5-8,16,19-20,26-27H,2-4,9-15H2,(H,24,28)(H,29,30). The van der Waals surface area contributed by atoms with Crippen LogP contribution in [0.15, 0.2) is 30.3 Å². The molecule has 8 heteroatoms. The number of rotatable bonds is 8. The van der Waals surface area contributed by atoms with Crippen LogP contribution in [0.2, 0.25) is 0 Å². The van der Waals surface area contributed by atoms with Gasteiger partial charge in [0.2, 0.25) is 5.91 Å². The van der Waals surface area contributed by atoms with Gasteiger partial charge in [-0.15, -0.1) is 0 Å². The maximum Gasteiger partial charge on any atom is 0.407 e. The van der Waals surface area contributed by atoms with E-state index < -0.39 is 12.2 Å². The minimum Gasteiger partial charge on any atom is -0.493 e. The van der Waals surface area contributed by atoms with E-state index in [9.17, 15) is 14.7 Å². The maximum absolute atomic E-state index is 12.2. The van der Waals surface area contributed by atoms with E-state index in [2.05, 4.69) is 11.4 Å². The summed E-state index contributed by atoms with van der Waals surface area (Å²) in [6.45, 7) is 1.44. The lowest BCUT2D eigenvalue weighted by Crippen LogP contribution is -2.38. The van der Waals surface area contributed by atoms with Gasteiger partial charge in [0.05, 0.1) is 19.3 Å². The SMILES string of the molecule is O=C(NCC(O)CO)C1CC=C(c2ccc(OCC3CCN(C(=O)O)CC3)cc2)CC1. The lowest BCUT2D eigenvalue weighted by atomic mass is 9.86. The van der Waals surface area contributed by atoms with Crippen molar-refractivity contribution in [1.82, 2.24) is 10.2 Å². The Morgan fingerprint density at radius 1 is 1.16 bits per heavy atom. The van der Waals surface area contributed by atoms with Crippen LogP contribution in [0.5, 0.6) is 5.75 Å². The summed E-state index contributed by atoms with van der Waals surface area (Å²) in [5.74, 6) is 0.990. The van der Waals surface area contributed by atoms with Gasteiger partial charge in [-0.2, -0.15) is 0 Å². The Hall–Kier alpha value is -2.58. The molecule has 0 spiro atoms. The summed E-state index contributed by atoms with van der Waals surface area (Å²) < 4.78 is 5.91. The van der Waals surface area contributed by atoms with E-state index >= 15 is 0 Å². The van der Waals surface area contributed by atoms with E-state index in [1.165, 1.54) is 10.5 Å². The topological polar surface area (TPSA) is 119 Å². The average Bonchev–Trinajstić information content (AvgIpc) is 2.81. The largest absolute Gasteiger partial charge is 0.493 e. The molecule has 2 atom stereocenters. The second kappa shape index (κ2) is 11.2. The number of ether oxygens (including phenoxy) is 1. The van der Waals surface area contributed by atoms with Gasteiger partial charge in [-0.1, -0.05) is 18.2 Å². The van der Waals surface area contributed by atoms with Crippen molar-refractivity contribution < 1.29 is 29.6 Å². The van der Waals surface area contributed by atoms with Gasteiger partial charge in [0.15, 0.2) is 0 Å². The third-order valence-electron chi connectivity index (χ3n) is 6.10. The average molecular weight is 433 g/mol. The summed E-state index contributed by atoms with van der Waals surface area (Å²) in [5.41, 5.74) is 2.34. The normalized spacial score (nSPS) is 20.6. The number of benzene rings is 1. The molecule has 31 heavy (non-hydrogen) atoms. The highest BCUT2D eigenvalue weighted by molar-refractivity contribution is 5.80. The first-order valence-electron chi connectivity index (χ1n) is 10.9. The molecule has 170 valence electrons. The maximum atomic E-state index is 12.2. The number of carbonyl (C=O) groups is 2. The molecule has 0 bridgehead atoms. The summed E-state index contributed by atoms with van der Waals surface area (Å²) in [5, 5.41) is 29.9. The van der Waals surface area contributed by atoms with E-state index in [1.54, 1.807) is 0 Å². The molecule has 1 aliphatic carbocycles. The van der Waals surface area contributed by atoms with Crippen LogP contribution in [0.3, 0.4) is 0 Å². The van der Waals surface area contributed by atoms with Crippen molar-refractivity contribution in [2.24, 2.45) is 11.8 Å². The Kier molecular flexibility index (Phi) is 8.31. The van der Waals surface area contributed by atoms with E-state index in [4.69, 9.17) is 14.9 Å². The van der Waals surface area contributed by atoms with Gasteiger partial charge >= 0.3 is 6.09 Å². The van der Waals surface area contributed by atoms with Gasteiger partial charge < -0.3 is 30.3 Å². The van der Waals surface area contributed by atoms with E-state index in [0.717, 1.165) is 37.0 Å². The van der Waals surface area contributed by atoms with Crippen molar-refractivity contribution in [2.75, 3.05) is 32.8 Å². The van der Waals surface area contributed by atoms with Crippen molar-refractivity contribution >= 4 is 17.6 Å². The van der Waals surface area contributed by atoms with Crippen LogP contribution in [-0.2, 0) is 4.79 Å². The van der Waals surface area contributed by atoms with Gasteiger partial charge in [-0.05, 0) is 61.3 Å². The summed E-state index contributed by atoms with van der Waals surface area (Å²) >= 11 is 0. The first kappa shape index (κ1) is 23.1. The number of aliphatic hydroxyl groups excluding tert-OH is 2. The van der Waals surface area contributed by atoms with Crippen LogP contribution in [0.25, 0.3) is 5.57 Å². The molecule has 2 aliphatic rings. The van der Waals surface area contributed by atoms with Crippen molar-refractivity contribution in [2.45, 2.75) is 38.2 Å². The van der Waals surface area contributed by atoms with E-state index in [0.29, 0.717) is 32.0 Å². The molecular formula is C23H32N2O6. The Labute approximate surface area is 182 Å². The number of allylic oxidation sites excluding steroid dienone is 2. The first-order chi connectivity index (χ1) is 15.0. The van der Waals surface area contributed by atoms with Crippen molar-refractivity contribution in [1.29, 1.82) is 0 Å². The Morgan fingerprint density at radius 3 is 2.45 bits per heavy atom. The molecule has 1 aromatic carbocycles. The lowest BCUT2D eigenvalue weighted by molar-refractivity contribution is -0.125. The van der Waals surface area contributed by atoms with Crippen molar-refractivity contribution in [3.05, 3.63) is 35.9 Å². The van der Waals surface area contributed by atoms with Gasteiger partial charge in [0, 0.05) is 25.6 Å².